The highest BCUT2D eigenvalue weighted by atomic mass is 19.1. The number of para-hydroxylation sites is 1. The number of hydrogen-bond acceptors (Lipinski definition) is 3. The normalized spacial score (nSPS) is 20.3. The van der Waals surface area contributed by atoms with Crippen LogP contribution in [0.3, 0.4) is 0 Å². The number of aliphatic hydroxyl groups excluding tert-OH is 1. The average molecular weight is 329 g/mol. The maximum atomic E-state index is 13.2. The lowest BCUT2D eigenvalue weighted by Crippen LogP contribution is -2.30. The van der Waals surface area contributed by atoms with Crippen LogP contribution in [0, 0.1) is 11.7 Å². The summed E-state index contributed by atoms with van der Waals surface area (Å²) in [7, 11) is 1.62. The van der Waals surface area contributed by atoms with E-state index in [2.05, 4.69) is 5.32 Å². The highest BCUT2D eigenvalue weighted by molar-refractivity contribution is 5.83. The zero-order valence-corrected chi connectivity index (χ0v) is 13.4. The van der Waals surface area contributed by atoms with Gasteiger partial charge in [0, 0.05) is 12.5 Å². The Bertz CT molecular complexity index is 734. The van der Waals surface area contributed by atoms with Gasteiger partial charge in [0.15, 0.2) is 0 Å². The van der Waals surface area contributed by atoms with Gasteiger partial charge in [0.05, 0.1) is 13.2 Å². The van der Waals surface area contributed by atoms with Crippen molar-refractivity contribution in [3.63, 3.8) is 0 Å². The molecule has 2 N–H and O–H groups in total. The molecule has 0 aromatic heterocycles. The molecule has 0 bridgehead atoms. The fraction of sp³-hybridized carbons (Fsp3) is 0.316. The summed E-state index contributed by atoms with van der Waals surface area (Å²) in [5.74, 6) is 0.323. The highest BCUT2D eigenvalue weighted by Crippen LogP contribution is 2.50. The topological polar surface area (TPSA) is 58.6 Å². The first-order chi connectivity index (χ1) is 11.6. The zero-order valence-electron chi connectivity index (χ0n) is 13.4. The predicted octanol–water partition coefficient (Wildman–Crippen LogP) is 2.79. The highest BCUT2D eigenvalue weighted by Gasteiger charge is 2.45. The summed E-state index contributed by atoms with van der Waals surface area (Å²) in [4.78, 5) is 12.3. The summed E-state index contributed by atoms with van der Waals surface area (Å²) in [5, 5.41) is 12.8. The lowest BCUT2D eigenvalue weighted by Gasteiger charge is -2.13. The van der Waals surface area contributed by atoms with Crippen molar-refractivity contribution < 1.29 is 19.0 Å². The van der Waals surface area contributed by atoms with E-state index in [4.69, 9.17) is 4.74 Å². The lowest BCUT2D eigenvalue weighted by atomic mass is 10.1. The third kappa shape index (κ3) is 3.57. The molecule has 0 aliphatic heterocycles. The maximum absolute atomic E-state index is 13.2. The van der Waals surface area contributed by atoms with E-state index in [-0.39, 0.29) is 24.3 Å². The van der Waals surface area contributed by atoms with Gasteiger partial charge in [0.25, 0.3) is 0 Å². The van der Waals surface area contributed by atoms with E-state index in [1.807, 2.05) is 24.3 Å². The van der Waals surface area contributed by atoms with E-state index >= 15 is 0 Å². The molecule has 0 radical (unpaired) electrons. The minimum absolute atomic E-state index is 0.0669. The van der Waals surface area contributed by atoms with Crippen molar-refractivity contribution in [1.29, 1.82) is 0 Å². The van der Waals surface area contributed by atoms with Gasteiger partial charge in [-0.2, -0.15) is 0 Å². The SMILES string of the molecule is COc1ccccc1C1CC1C(=O)NCC(O)c1cccc(F)c1. The second-order valence-corrected chi connectivity index (χ2v) is 6.01. The average Bonchev–Trinajstić information content (AvgIpc) is 3.40. The fourth-order valence-corrected chi connectivity index (χ4v) is 2.96. The Labute approximate surface area is 140 Å². The van der Waals surface area contributed by atoms with Gasteiger partial charge in [0.1, 0.15) is 11.6 Å². The number of aliphatic hydroxyl groups is 1. The third-order valence-corrected chi connectivity index (χ3v) is 4.37. The molecule has 0 heterocycles. The van der Waals surface area contributed by atoms with Crippen LogP contribution in [0.15, 0.2) is 48.5 Å². The second-order valence-electron chi connectivity index (χ2n) is 6.01. The third-order valence-electron chi connectivity index (χ3n) is 4.37. The summed E-state index contributed by atoms with van der Waals surface area (Å²) in [6, 6.07) is 13.4. The number of nitrogens with one attached hydrogen (secondary N) is 1. The van der Waals surface area contributed by atoms with E-state index in [9.17, 15) is 14.3 Å². The first kappa shape index (κ1) is 16.5. The van der Waals surface area contributed by atoms with Crippen LogP contribution in [0.4, 0.5) is 4.39 Å². The van der Waals surface area contributed by atoms with Crippen molar-refractivity contribution in [3.8, 4) is 5.75 Å². The van der Waals surface area contributed by atoms with Crippen molar-refractivity contribution in [2.75, 3.05) is 13.7 Å². The number of amides is 1. The van der Waals surface area contributed by atoms with Crippen molar-refractivity contribution in [2.45, 2.75) is 18.4 Å². The van der Waals surface area contributed by atoms with Gasteiger partial charge in [0.2, 0.25) is 5.91 Å². The van der Waals surface area contributed by atoms with Crippen molar-refractivity contribution in [2.24, 2.45) is 5.92 Å². The summed E-state index contributed by atoms with van der Waals surface area (Å²) < 4.78 is 18.5. The Morgan fingerprint density at radius 3 is 2.88 bits per heavy atom. The van der Waals surface area contributed by atoms with Gasteiger partial charge in [-0.25, -0.2) is 4.39 Å². The van der Waals surface area contributed by atoms with E-state index in [1.165, 1.54) is 18.2 Å². The molecule has 3 unspecified atom stereocenters. The molecule has 1 fully saturated rings. The van der Waals surface area contributed by atoms with Crippen LogP contribution < -0.4 is 10.1 Å². The summed E-state index contributed by atoms with van der Waals surface area (Å²) in [6.45, 7) is 0.0669. The first-order valence-electron chi connectivity index (χ1n) is 7.94. The van der Waals surface area contributed by atoms with Gasteiger partial charge in [-0.05, 0) is 41.7 Å². The van der Waals surface area contributed by atoms with Gasteiger partial charge < -0.3 is 15.2 Å². The van der Waals surface area contributed by atoms with Crippen LogP contribution in [-0.2, 0) is 4.79 Å². The summed E-state index contributed by atoms with van der Waals surface area (Å²) in [6.07, 6.45) is -0.157. The molecule has 126 valence electrons. The van der Waals surface area contributed by atoms with Gasteiger partial charge in [-0.3, -0.25) is 4.79 Å². The van der Waals surface area contributed by atoms with E-state index in [0.717, 1.165) is 17.7 Å². The molecule has 1 saturated carbocycles. The molecule has 4 nitrogen and oxygen atoms in total. The molecule has 1 amide bonds. The molecule has 0 saturated heterocycles. The zero-order chi connectivity index (χ0) is 17.1. The van der Waals surface area contributed by atoms with Crippen LogP contribution in [0.2, 0.25) is 0 Å². The minimum Gasteiger partial charge on any atom is -0.496 e. The van der Waals surface area contributed by atoms with Gasteiger partial charge in [-0.15, -0.1) is 0 Å². The fourth-order valence-electron chi connectivity index (χ4n) is 2.96. The Hall–Kier alpha value is -2.40. The number of benzene rings is 2. The van der Waals surface area contributed by atoms with Crippen LogP contribution in [0.25, 0.3) is 0 Å². The van der Waals surface area contributed by atoms with Crippen molar-refractivity contribution in [3.05, 3.63) is 65.5 Å². The van der Waals surface area contributed by atoms with Gasteiger partial charge >= 0.3 is 0 Å². The number of halogens is 1. The van der Waals surface area contributed by atoms with Crippen molar-refractivity contribution >= 4 is 5.91 Å². The largest absolute Gasteiger partial charge is 0.496 e. The molecular weight excluding hydrogens is 309 g/mol. The Morgan fingerprint density at radius 2 is 2.12 bits per heavy atom. The molecule has 0 spiro atoms. The molecular formula is C19H20FNO3. The van der Waals surface area contributed by atoms with E-state index in [1.54, 1.807) is 13.2 Å². The minimum atomic E-state index is -0.923. The lowest BCUT2D eigenvalue weighted by molar-refractivity contribution is -0.122. The molecule has 2 aromatic rings. The second kappa shape index (κ2) is 7.01. The Kier molecular flexibility index (Phi) is 4.81. The van der Waals surface area contributed by atoms with Gasteiger partial charge in [-0.1, -0.05) is 30.3 Å². The molecule has 1 aliphatic carbocycles. The van der Waals surface area contributed by atoms with Crippen LogP contribution in [-0.4, -0.2) is 24.7 Å². The molecule has 5 heteroatoms. The summed E-state index contributed by atoms with van der Waals surface area (Å²) >= 11 is 0. The molecule has 3 rings (SSSR count). The quantitative estimate of drug-likeness (QED) is 0.857. The van der Waals surface area contributed by atoms with Crippen LogP contribution in [0.1, 0.15) is 29.6 Å². The number of ether oxygens (including phenoxy) is 1. The smallest absolute Gasteiger partial charge is 0.223 e. The monoisotopic (exact) mass is 329 g/mol. The van der Waals surface area contributed by atoms with Crippen molar-refractivity contribution in [1.82, 2.24) is 5.32 Å². The Balaban J connectivity index is 1.55. The Morgan fingerprint density at radius 1 is 1.33 bits per heavy atom. The first-order valence-corrected chi connectivity index (χ1v) is 7.94. The van der Waals surface area contributed by atoms with Crippen LogP contribution >= 0.6 is 0 Å². The molecule has 2 aromatic carbocycles. The molecule has 3 atom stereocenters. The number of carbonyl (C=O) groups excluding carboxylic acids is 1. The predicted molar refractivity (Wildman–Crippen MR) is 88.2 cm³/mol. The molecule has 1 aliphatic rings. The number of methoxy groups -OCH3 is 1. The maximum Gasteiger partial charge on any atom is 0.223 e. The van der Waals surface area contributed by atoms with Crippen LogP contribution in [0.5, 0.6) is 5.75 Å². The number of rotatable bonds is 6. The summed E-state index contributed by atoms with van der Waals surface area (Å²) in [5.41, 5.74) is 1.48. The molecule has 24 heavy (non-hydrogen) atoms. The number of carbonyl (C=O) groups is 1. The standard InChI is InChI=1S/C19H20FNO3/c1-24-18-8-3-2-7-14(18)15-10-16(15)19(23)21-11-17(22)12-5-4-6-13(20)9-12/h2-9,15-17,22H,10-11H2,1H3,(H,21,23). The number of hydrogen-bond donors (Lipinski definition) is 2. The van der Waals surface area contributed by atoms with E-state index in [0.29, 0.717) is 5.56 Å². The van der Waals surface area contributed by atoms with E-state index < -0.39 is 11.9 Å².